The Labute approximate surface area is 125 Å². The second-order valence-corrected chi connectivity index (χ2v) is 5.77. The quantitative estimate of drug-likeness (QED) is 0.898. The van der Waals surface area contributed by atoms with Crippen LogP contribution in [-0.4, -0.2) is 5.91 Å². The minimum atomic E-state index is 0.110. The Kier molecular flexibility index (Phi) is 3.65. The molecule has 0 aliphatic carbocycles. The van der Waals surface area contributed by atoms with E-state index in [4.69, 9.17) is 0 Å². The summed E-state index contributed by atoms with van der Waals surface area (Å²) >= 11 is 0. The van der Waals surface area contributed by atoms with E-state index in [-0.39, 0.29) is 5.91 Å². The molecule has 0 fully saturated rings. The maximum absolute atomic E-state index is 11.4. The monoisotopic (exact) mass is 280 g/mol. The number of fused-ring (bicyclic) bond motifs is 1. The Morgan fingerprint density at radius 2 is 1.81 bits per heavy atom. The van der Waals surface area contributed by atoms with Crippen molar-refractivity contribution in [1.29, 1.82) is 0 Å². The summed E-state index contributed by atoms with van der Waals surface area (Å²) in [6.45, 7) is 5.06. The van der Waals surface area contributed by atoms with Crippen molar-refractivity contribution < 1.29 is 4.79 Å². The zero-order valence-corrected chi connectivity index (χ0v) is 12.5. The summed E-state index contributed by atoms with van der Waals surface area (Å²) in [7, 11) is 0. The minimum Gasteiger partial charge on any atom is -0.381 e. The van der Waals surface area contributed by atoms with Gasteiger partial charge in [0.25, 0.3) is 0 Å². The molecule has 0 atom stereocenters. The Morgan fingerprint density at radius 1 is 1.05 bits per heavy atom. The molecule has 3 rings (SSSR count). The van der Waals surface area contributed by atoms with E-state index in [1.54, 1.807) is 0 Å². The lowest BCUT2D eigenvalue weighted by Gasteiger charge is -2.18. The van der Waals surface area contributed by atoms with Crippen LogP contribution >= 0.6 is 0 Å². The van der Waals surface area contributed by atoms with Crippen molar-refractivity contribution in [2.24, 2.45) is 0 Å². The highest BCUT2D eigenvalue weighted by atomic mass is 16.1. The second kappa shape index (κ2) is 5.60. The van der Waals surface area contributed by atoms with Crippen LogP contribution in [0.15, 0.2) is 36.4 Å². The number of hydrogen-bond acceptors (Lipinski definition) is 2. The lowest BCUT2D eigenvalue weighted by Crippen LogP contribution is -2.18. The Hall–Kier alpha value is -2.29. The number of rotatable bonds is 3. The second-order valence-electron chi connectivity index (χ2n) is 5.77. The van der Waals surface area contributed by atoms with Crippen molar-refractivity contribution in [2.75, 3.05) is 10.6 Å². The maximum Gasteiger partial charge on any atom is 0.224 e. The van der Waals surface area contributed by atoms with Gasteiger partial charge in [0.05, 0.1) is 0 Å². The van der Waals surface area contributed by atoms with Crippen LogP contribution in [0.5, 0.6) is 0 Å². The maximum atomic E-state index is 11.4. The first kappa shape index (κ1) is 13.7. The van der Waals surface area contributed by atoms with Gasteiger partial charge in [-0.25, -0.2) is 0 Å². The topological polar surface area (TPSA) is 41.1 Å². The highest BCUT2D eigenvalue weighted by molar-refractivity contribution is 5.94. The molecule has 21 heavy (non-hydrogen) atoms. The lowest BCUT2D eigenvalue weighted by molar-refractivity contribution is -0.116. The molecule has 108 valence electrons. The summed E-state index contributed by atoms with van der Waals surface area (Å²) < 4.78 is 0. The largest absolute Gasteiger partial charge is 0.381 e. The van der Waals surface area contributed by atoms with Gasteiger partial charge in [-0.05, 0) is 49.6 Å². The summed E-state index contributed by atoms with van der Waals surface area (Å²) in [6.07, 6.45) is 1.40. The molecule has 3 heteroatoms. The highest BCUT2D eigenvalue weighted by Gasteiger charge is 2.14. The van der Waals surface area contributed by atoms with Crippen molar-refractivity contribution in [3.05, 3.63) is 58.7 Å². The fraction of sp³-hybridized carbons (Fsp3) is 0.278. The molecule has 3 nitrogen and oxygen atoms in total. The molecular weight excluding hydrogens is 260 g/mol. The zero-order valence-electron chi connectivity index (χ0n) is 12.5. The first-order valence-electron chi connectivity index (χ1n) is 7.34. The van der Waals surface area contributed by atoms with E-state index in [1.165, 1.54) is 22.3 Å². The molecule has 2 N–H and O–H groups in total. The number of benzene rings is 2. The predicted molar refractivity (Wildman–Crippen MR) is 86.6 cm³/mol. The van der Waals surface area contributed by atoms with E-state index in [0.29, 0.717) is 6.42 Å². The van der Waals surface area contributed by atoms with E-state index in [1.807, 2.05) is 12.1 Å². The van der Waals surface area contributed by atoms with E-state index in [2.05, 4.69) is 48.7 Å². The van der Waals surface area contributed by atoms with Crippen LogP contribution in [0, 0.1) is 13.8 Å². The van der Waals surface area contributed by atoms with E-state index in [0.717, 1.165) is 24.3 Å². The van der Waals surface area contributed by atoms with Crippen molar-refractivity contribution in [2.45, 2.75) is 33.2 Å². The fourth-order valence-corrected chi connectivity index (χ4v) is 2.87. The first-order valence-corrected chi connectivity index (χ1v) is 7.34. The molecule has 1 heterocycles. The summed E-state index contributed by atoms with van der Waals surface area (Å²) in [5.41, 5.74) is 7.13. The number of carbonyl (C=O) groups excluding carboxylic acids is 1. The van der Waals surface area contributed by atoms with Gasteiger partial charge >= 0.3 is 0 Å². The molecule has 0 aromatic heterocycles. The molecule has 0 unspecified atom stereocenters. The predicted octanol–water partition coefficient (Wildman–Crippen LogP) is 3.80. The smallest absolute Gasteiger partial charge is 0.224 e. The molecule has 0 bridgehead atoms. The van der Waals surface area contributed by atoms with Crippen LogP contribution in [0.1, 0.15) is 28.7 Å². The molecule has 0 radical (unpaired) electrons. The van der Waals surface area contributed by atoms with Gasteiger partial charge in [0.15, 0.2) is 0 Å². The Balaban J connectivity index is 1.72. The van der Waals surface area contributed by atoms with Crippen molar-refractivity contribution in [3.63, 3.8) is 0 Å². The van der Waals surface area contributed by atoms with Crippen molar-refractivity contribution >= 4 is 17.3 Å². The van der Waals surface area contributed by atoms with E-state index >= 15 is 0 Å². The number of nitrogens with one attached hydrogen (secondary N) is 2. The fourth-order valence-electron chi connectivity index (χ4n) is 2.87. The molecule has 1 amide bonds. The Morgan fingerprint density at radius 3 is 2.57 bits per heavy atom. The number of aryl methyl sites for hydroxylation is 3. The number of amides is 1. The zero-order chi connectivity index (χ0) is 14.8. The van der Waals surface area contributed by atoms with Crippen molar-refractivity contribution in [1.82, 2.24) is 0 Å². The normalized spacial score (nSPS) is 13.5. The third-order valence-corrected chi connectivity index (χ3v) is 3.78. The van der Waals surface area contributed by atoms with Crippen LogP contribution < -0.4 is 10.6 Å². The number of hydrogen-bond donors (Lipinski definition) is 2. The summed E-state index contributed by atoms with van der Waals surface area (Å²) in [6, 6.07) is 12.7. The standard InChI is InChI=1S/C18H20N2O/c1-12-7-13(2)9-14(8-12)11-19-16-4-5-17-15(10-16)3-6-18(21)20-17/h4-5,7-10,19H,3,6,11H2,1-2H3,(H,20,21). The molecule has 1 aliphatic heterocycles. The van der Waals surface area contributed by atoms with Crippen LogP contribution in [-0.2, 0) is 17.8 Å². The third-order valence-electron chi connectivity index (χ3n) is 3.78. The van der Waals surface area contributed by atoms with Gasteiger partial charge in [0, 0.05) is 24.3 Å². The Bertz CT molecular complexity index is 671. The molecule has 2 aromatic rings. The van der Waals surface area contributed by atoms with Gasteiger partial charge in [0.2, 0.25) is 5.91 Å². The van der Waals surface area contributed by atoms with Crippen LogP contribution in [0.4, 0.5) is 11.4 Å². The molecular formula is C18H20N2O. The van der Waals surface area contributed by atoms with Gasteiger partial charge < -0.3 is 10.6 Å². The summed E-state index contributed by atoms with van der Waals surface area (Å²) in [5.74, 6) is 0.110. The van der Waals surface area contributed by atoms with Gasteiger partial charge in [-0.1, -0.05) is 29.3 Å². The molecule has 0 saturated heterocycles. The third kappa shape index (κ3) is 3.24. The van der Waals surface area contributed by atoms with Gasteiger partial charge in [0.1, 0.15) is 0 Å². The lowest BCUT2D eigenvalue weighted by atomic mass is 10.0. The van der Waals surface area contributed by atoms with Gasteiger partial charge in [-0.15, -0.1) is 0 Å². The minimum absolute atomic E-state index is 0.110. The first-order chi connectivity index (χ1) is 10.1. The highest BCUT2D eigenvalue weighted by Crippen LogP contribution is 2.26. The van der Waals surface area contributed by atoms with E-state index < -0.39 is 0 Å². The molecule has 0 spiro atoms. The van der Waals surface area contributed by atoms with Gasteiger partial charge in [-0.2, -0.15) is 0 Å². The van der Waals surface area contributed by atoms with Gasteiger partial charge in [-0.3, -0.25) is 4.79 Å². The molecule has 2 aromatic carbocycles. The van der Waals surface area contributed by atoms with Crippen LogP contribution in [0.3, 0.4) is 0 Å². The average Bonchev–Trinajstić information content (AvgIpc) is 2.44. The average molecular weight is 280 g/mol. The van der Waals surface area contributed by atoms with Crippen LogP contribution in [0.25, 0.3) is 0 Å². The van der Waals surface area contributed by atoms with Crippen molar-refractivity contribution in [3.8, 4) is 0 Å². The van der Waals surface area contributed by atoms with E-state index in [9.17, 15) is 4.79 Å². The molecule has 1 aliphatic rings. The number of carbonyl (C=O) groups is 1. The summed E-state index contributed by atoms with van der Waals surface area (Å²) in [4.78, 5) is 11.4. The SMILES string of the molecule is Cc1cc(C)cc(CNc2ccc3c(c2)CCC(=O)N3)c1. The summed E-state index contributed by atoms with van der Waals surface area (Å²) in [5, 5.41) is 6.37. The van der Waals surface area contributed by atoms with Crippen LogP contribution in [0.2, 0.25) is 0 Å². The molecule has 0 saturated carbocycles. The number of anilines is 2.